The highest BCUT2D eigenvalue weighted by Gasteiger charge is 2.25. The van der Waals surface area contributed by atoms with Crippen molar-refractivity contribution in [2.24, 2.45) is 5.73 Å². The van der Waals surface area contributed by atoms with Crippen LogP contribution in [0.5, 0.6) is 0 Å². The molecule has 1 aromatic rings. The van der Waals surface area contributed by atoms with Gasteiger partial charge in [0.2, 0.25) is 0 Å². The summed E-state index contributed by atoms with van der Waals surface area (Å²) in [5.74, 6) is -1.25. The molecule has 3 N–H and O–H groups in total. The van der Waals surface area contributed by atoms with Crippen LogP contribution in [-0.4, -0.2) is 23.7 Å². The fraction of sp³-hybridized carbons (Fsp3) is 0.364. The first-order valence-electron chi connectivity index (χ1n) is 5.02. The van der Waals surface area contributed by atoms with Crippen LogP contribution in [0.25, 0.3) is 0 Å². The van der Waals surface area contributed by atoms with Crippen LogP contribution in [0.4, 0.5) is 4.39 Å². The van der Waals surface area contributed by atoms with Gasteiger partial charge in [0.05, 0.1) is 11.1 Å². The molecule has 94 valence electrons. The van der Waals surface area contributed by atoms with Gasteiger partial charge >= 0.3 is 5.97 Å². The van der Waals surface area contributed by atoms with E-state index in [1.165, 1.54) is 12.1 Å². The zero-order valence-corrected chi connectivity index (χ0v) is 10.8. The maximum atomic E-state index is 13.2. The van der Waals surface area contributed by atoms with E-state index in [0.29, 0.717) is 0 Å². The highest BCUT2D eigenvalue weighted by atomic mass is 79.9. The van der Waals surface area contributed by atoms with Crippen LogP contribution in [0.1, 0.15) is 18.6 Å². The van der Waals surface area contributed by atoms with E-state index in [0.717, 1.165) is 6.07 Å². The smallest absolute Gasteiger partial charge is 0.325 e. The van der Waals surface area contributed by atoms with Gasteiger partial charge in [0.1, 0.15) is 18.0 Å². The summed E-state index contributed by atoms with van der Waals surface area (Å²) >= 11 is 2.99. The number of carbonyl (C=O) groups excluding carboxylic acids is 1. The molecular formula is C11H13BrFNO3. The van der Waals surface area contributed by atoms with Gasteiger partial charge in [-0.1, -0.05) is 6.07 Å². The molecule has 0 radical (unpaired) electrons. The quantitative estimate of drug-likeness (QED) is 0.827. The topological polar surface area (TPSA) is 72.5 Å². The summed E-state index contributed by atoms with van der Waals surface area (Å²) in [6.07, 6.45) is -1.29. The van der Waals surface area contributed by atoms with E-state index < -0.39 is 23.9 Å². The van der Waals surface area contributed by atoms with Crippen molar-refractivity contribution in [3.05, 3.63) is 34.1 Å². The van der Waals surface area contributed by atoms with Crippen molar-refractivity contribution >= 4 is 21.9 Å². The maximum absolute atomic E-state index is 13.2. The van der Waals surface area contributed by atoms with Crippen molar-refractivity contribution in [3.8, 4) is 0 Å². The zero-order chi connectivity index (χ0) is 13.0. The van der Waals surface area contributed by atoms with Crippen molar-refractivity contribution in [1.82, 2.24) is 0 Å². The standard InChI is InChI=1S/C11H13BrFNO3/c1-2-17-11(16)9(14)10(15)6-3-4-7(12)8(13)5-6/h3-5,9-10,15H,2,14H2,1H3. The molecule has 0 aliphatic rings. The summed E-state index contributed by atoms with van der Waals surface area (Å²) in [5, 5.41) is 9.79. The molecule has 0 fully saturated rings. The Morgan fingerprint density at radius 3 is 2.82 bits per heavy atom. The minimum absolute atomic E-state index is 0.175. The lowest BCUT2D eigenvalue weighted by Gasteiger charge is -2.17. The lowest BCUT2D eigenvalue weighted by Crippen LogP contribution is -2.38. The Kier molecular flexibility index (Phi) is 5.04. The minimum Gasteiger partial charge on any atom is -0.465 e. The Morgan fingerprint density at radius 1 is 1.65 bits per heavy atom. The van der Waals surface area contributed by atoms with Crippen molar-refractivity contribution in [2.75, 3.05) is 6.61 Å². The molecule has 6 heteroatoms. The van der Waals surface area contributed by atoms with E-state index in [2.05, 4.69) is 20.7 Å². The molecule has 1 aromatic carbocycles. The molecule has 0 aliphatic heterocycles. The number of rotatable bonds is 4. The van der Waals surface area contributed by atoms with Gasteiger partial charge < -0.3 is 15.6 Å². The molecule has 0 heterocycles. The van der Waals surface area contributed by atoms with E-state index in [-0.39, 0.29) is 16.6 Å². The molecule has 4 nitrogen and oxygen atoms in total. The summed E-state index contributed by atoms with van der Waals surface area (Å²) in [6, 6.07) is 2.81. The Morgan fingerprint density at radius 2 is 2.29 bits per heavy atom. The molecular weight excluding hydrogens is 293 g/mol. The van der Waals surface area contributed by atoms with Crippen LogP contribution < -0.4 is 5.73 Å². The van der Waals surface area contributed by atoms with Crippen LogP contribution >= 0.6 is 15.9 Å². The van der Waals surface area contributed by atoms with Crippen molar-refractivity contribution in [2.45, 2.75) is 19.1 Å². The van der Waals surface area contributed by atoms with Crippen LogP contribution in [0, 0.1) is 5.82 Å². The molecule has 2 unspecified atom stereocenters. The summed E-state index contributed by atoms with van der Waals surface area (Å²) in [5.41, 5.74) is 5.74. The van der Waals surface area contributed by atoms with Gasteiger partial charge in [-0.2, -0.15) is 0 Å². The average Bonchev–Trinajstić information content (AvgIpc) is 2.31. The fourth-order valence-electron chi connectivity index (χ4n) is 1.27. The van der Waals surface area contributed by atoms with Crippen LogP contribution in [0.2, 0.25) is 0 Å². The lowest BCUT2D eigenvalue weighted by molar-refractivity contribution is -0.147. The third-order valence-corrected chi connectivity index (χ3v) is 2.83. The van der Waals surface area contributed by atoms with Gasteiger partial charge in [-0.05, 0) is 40.5 Å². The molecule has 0 aliphatic carbocycles. The third kappa shape index (κ3) is 3.49. The Labute approximate surface area is 107 Å². The van der Waals surface area contributed by atoms with Gasteiger partial charge in [-0.3, -0.25) is 4.79 Å². The summed E-state index contributed by atoms with van der Waals surface area (Å²) in [4.78, 5) is 11.3. The average molecular weight is 306 g/mol. The van der Waals surface area contributed by atoms with E-state index in [4.69, 9.17) is 5.73 Å². The van der Waals surface area contributed by atoms with Crippen molar-refractivity contribution in [1.29, 1.82) is 0 Å². The van der Waals surface area contributed by atoms with Gasteiger partial charge in [0.25, 0.3) is 0 Å². The van der Waals surface area contributed by atoms with E-state index in [1.807, 2.05) is 0 Å². The normalized spacial score (nSPS) is 14.2. The number of aliphatic hydroxyl groups is 1. The van der Waals surface area contributed by atoms with Gasteiger partial charge in [-0.25, -0.2) is 4.39 Å². The van der Waals surface area contributed by atoms with E-state index >= 15 is 0 Å². The number of hydrogen-bond acceptors (Lipinski definition) is 4. The predicted molar refractivity (Wildman–Crippen MR) is 63.7 cm³/mol. The van der Waals surface area contributed by atoms with Gasteiger partial charge in [0.15, 0.2) is 0 Å². The second-order valence-electron chi connectivity index (χ2n) is 3.40. The fourth-order valence-corrected chi connectivity index (χ4v) is 1.52. The number of hydrogen-bond donors (Lipinski definition) is 2. The Hall–Kier alpha value is -0.980. The molecule has 17 heavy (non-hydrogen) atoms. The lowest BCUT2D eigenvalue weighted by atomic mass is 10.0. The first-order chi connectivity index (χ1) is 7.97. The van der Waals surface area contributed by atoms with E-state index in [1.54, 1.807) is 6.92 Å². The van der Waals surface area contributed by atoms with Crippen molar-refractivity contribution in [3.63, 3.8) is 0 Å². The van der Waals surface area contributed by atoms with Crippen LogP contribution in [0.3, 0.4) is 0 Å². The molecule has 1 rings (SSSR count). The number of nitrogens with two attached hydrogens (primary N) is 1. The SMILES string of the molecule is CCOC(=O)C(N)C(O)c1ccc(Br)c(F)c1. The van der Waals surface area contributed by atoms with Crippen LogP contribution in [0.15, 0.2) is 22.7 Å². The molecule has 0 spiro atoms. The number of ether oxygens (including phenoxy) is 1. The molecule has 0 bridgehead atoms. The molecule has 0 saturated carbocycles. The van der Waals surface area contributed by atoms with Crippen LogP contribution in [-0.2, 0) is 9.53 Å². The predicted octanol–water partition coefficient (Wildman–Crippen LogP) is 1.51. The number of aliphatic hydroxyl groups excluding tert-OH is 1. The first-order valence-corrected chi connectivity index (χ1v) is 5.82. The largest absolute Gasteiger partial charge is 0.465 e. The highest BCUT2D eigenvalue weighted by molar-refractivity contribution is 9.10. The molecule has 2 atom stereocenters. The third-order valence-electron chi connectivity index (χ3n) is 2.18. The second kappa shape index (κ2) is 6.09. The molecule has 0 aromatic heterocycles. The summed E-state index contributed by atoms with van der Waals surface area (Å²) in [6.45, 7) is 1.81. The Balaban J connectivity index is 2.84. The number of esters is 1. The van der Waals surface area contributed by atoms with Crippen molar-refractivity contribution < 1.29 is 19.0 Å². The summed E-state index contributed by atoms with van der Waals surface area (Å²) < 4.78 is 18.2. The molecule has 0 amide bonds. The van der Waals surface area contributed by atoms with E-state index in [9.17, 15) is 14.3 Å². The number of carbonyl (C=O) groups is 1. The maximum Gasteiger partial charge on any atom is 0.325 e. The zero-order valence-electron chi connectivity index (χ0n) is 9.19. The second-order valence-corrected chi connectivity index (χ2v) is 4.25. The first kappa shape index (κ1) is 14.1. The van der Waals surface area contributed by atoms with Gasteiger partial charge in [-0.15, -0.1) is 0 Å². The monoisotopic (exact) mass is 305 g/mol. The number of halogens is 2. The molecule has 0 saturated heterocycles. The van der Waals surface area contributed by atoms with Gasteiger partial charge in [0, 0.05) is 0 Å². The Bertz CT molecular complexity index is 414. The number of benzene rings is 1. The minimum atomic E-state index is -1.29. The highest BCUT2D eigenvalue weighted by Crippen LogP contribution is 2.22. The summed E-state index contributed by atoms with van der Waals surface area (Å²) in [7, 11) is 0.